The van der Waals surface area contributed by atoms with Crippen molar-refractivity contribution in [1.29, 1.82) is 0 Å². The SMILES string of the molecule is C#Cc1cccc(NC(=O)CNC(=NC)NCCc2ccc(F)cc2C)c1. The predicted octanol–water partition coefficient (Wildman–Crippen LogP) is 2.46. The molecule has 2 aromatic rings. The second-order valence-electron chi connectivity index (χ2n) is 5.95. The first kappa shape index (κ1) is 20.0. The second kappa shape index (κ2) is 9.97. The summed E-state index contributed by atoms with van der Waals surface area (Å²) in [6.07, 6.45) is 6.07. The van der Waals surface area contributed by atoms with Crippen molar-refractivity contribution in [3.63, 3.8) is 0 Å². The largest absolute Gasteiger partial charge is 0.356 e. The summed E-state index contributed by atoms with van der Waals surface area (Å²) in [5, 5.41) is 8.87. The summed E-state index contributed by atoms with van der Waals surface area (Å²) in [7, 11) is 1.63. The van der Waals surface area contributed by atoms with Crippen molar-refractivity contribution in [3.8, 4) is 12.3 Å². The highest BCUT2D eigenvalue weighted by molar-refractivity contribution is 5.95. The summed E-state index contributed by atoms with van der Waals surface area (Å²) in [5.74, 6) is 2.60. The van der Waals surface area contributed by atoms with Crippen LogP contribution < -0.4 is 16.0 Å². The average Bonchev–Trinajstić information content (AvgIpc) is 2.66. The number of aliphatic imine (C=N–C) groups is 1. The van der Waals surface area contributed by atoms with Gasteiger partial charge in [0.05, 0.1) is 6.54 Å². The van der Waals surface area contributed by atoms with Gasteiger partial charge in [-0.3, -0.25) is 9.79 Å². The van der Waals surface area contributed by atoms with Gasteiger partial charge in [0.2, 0.25) is 5.91 Å². The van der Waals surface area contributed by atoms with Gasteiger partial charge in [-0.05, 0) is 54.8 Å². The van der Waals surface area contributed by atoms with Crippen molar-refractivity contribution >= 4 is 17.6 Å². The Morgan fingerprint density at radius 3 is 2.74 bits per heavy atom. The third-order valence-corrected chi connectivity index (χ3v) is 3.94. The number of nitrogens with one attached hydrogen (secondary N) is 3. The lowest BCUT2D eigenvalue weighted by Gasteiger charge is -2.13. The van der Waals surface area contributed by atoms with Crippen molar-refractivity contribution in [2.24, 2.45) is 4.99 Å². The van der Waals surface area contributed by atoms with Crippen LogP contribution >= 0.6 is 0 Å². The van der Waals surface area contributed by atoms with E-state index >= 15 is 0 Å². The molecule has 140 valence electrons. The molecule has 0 unspecified atom stereocenters. The fourth-order valence-electron chi connectivity index (χ4n) is 2.53. The molecule has 2 aromatic carbocycles. The van der Waals surface area contributed by atoms with Crippen LogP contribution in [0.1, 0.15) is 16.7 Å². The van der Waals surface area contributed by atoms with Gasteiger partial charge in [-0.25, -0.2) is 4.39 Å². The van der Waals surface area contributed by atoms with Crippen LogP contribution in [0.5, 0.6) is 0 Å². The molecule has 0 radical (unpaired) electrons. The zero-order valence-electron chi connectivity index (χ0n) is 15.5. The molecule has 0 saturated heterocycles. The van der Waals surface area contributed by atoms with E-state index in [0.717, 1.165) is 17.5 Å². The molecular formula is C21H23FN4O. The molecule has 0 bridgehead atoms. The topological polar surface area (TPSA) is 65.5 Å². The fraction of sp³-hybridized carbons (Fsp3) is 0.238. The van der Waals surface area contributed by atoms with E-state index in [9.17, 15) is 9.18 Å². The zero-order chi connectivity index (χ0) is 19.6. The van der Waals surface area contributed by atoms with Crippen LogP contribution in [0.25, 0.3) is 0 Å². The number of benzene rings is 2. The van der Waals surface area contributed by atoms with E-state index in [-0.39, 0.29) is 18.3 Å². The highest BCUT2D eigenvalue weighted by Crippen LogP contribution is 2.10. The van der Waals surface area contributed by atoms with Gasteiger partial charge in [0.25, 0.3) is 0 Å². The van der Waals surface area contributed by atoms with Gasteiger partial charge >= 0.3 is 0 Å². The molecule has 0 spiro atoms. The molecule has 6 heteroatoms. The second-order valence-corrected chi connectivity index (χ2v) is 5.95. The van der Waals surface area contributed by atoms with Gasteiger partial charge in [0.15, 0.2) is 5.96 Å². The lowest BCUT2D eigenvalue weighted by molar-refractivity contribution is -0.115. The molecule has 5 nitrogen and oxygen atoms in total. The average molecular weight is 366 g/mol. The Bertz CT molecular complexity index is 871. The van der Waals surface area contributed by atoms with Crippen molar-refractivity contribution in [1.82, 2.24) is 10.6 Å². The quantitative estimate of drug-likeness (QED) is 0.418. The van der Waals surface area contributed by atoms with Gasteiger partial charge in [-0.1, -0.05) is 18.1 Å². The molecule has 0 aliphatic carbocycles. The lowest BCUT2D eigenvalue weighted by atomic mass is 10.1. The van der Waals surface area contributed by atoms with E-state index in [4.69, 9.17) is 6.42 Å². The number of terminal acetylenes is 1. The summed E-state index contributed by atoms with van der Waals surface area (Å²) in [4.78, 5) is 16.2. The number of carbonyl (C=O) groups excluding carboxylic acids is 1. The van der Waals surface area contributed by atoms with Crippen LogP contribution in [0, 0.1) is 25.1 Å². The molecule has 2 rings (SSSR count). The maximum absolute atomic E-state index is 13.1. The standard InChI is InChI=1S/C21H23FN4O/c1-4-16-6-5-7-19(13-16)26-20(27)14-25-21(23-3)24-11-10-17-8-9-18(22)12-15(17)2/h1,5-9,12-13H,10-11,14H2,2-3H3,(H,26,27)(H2,23,24,25). The van der Waals surface area contributed by atoms with Crippen LogP contribution in [0.3, 0.4) is 0 Å². The van der Waals surface area contributed by atoms with E-state index in [1.54, 1.807) is 37.4 Å². The number of nitrogens with zero attached hydrogens (tertiary/aromatic N) is 1. The third-order valence-electron chi connectivity index (χ3n) is 3.94. The van der Waals surface area contributed by atoms with Gasteiger partial charge in [0, 0.05) is 24.8 Å². The number of hydrogen-bond donors (Lipinski definition) is 3. The number of amides is 1. The van der Waals surface area contributed by atoms with Crippen LogP contribution in [0.4, 0.5) is 10.1 Å². The number of guanidine groups is 1. The summed E-state index contributed by atoms with van der Waals surface area (Å²) in [6, 6.07) is 11.8. The zero-order valence-corrected chi connectivity index (χ0v) is 15.5. The summed E-state index contributed by atoms with van der Waals surface area (Å²) in [6.45, 7) is 2.55. The molecule has 0 heterocycles. The maximum atomic E-state index is 13.1. The molecule has 0 saturated carbocycles. The summed E-state index contributed by atoms with van der Waals surface area (Å²) < 4.78 is 13.1. The number of hydrogen-bond acceptors (Lipinski definition) is 2. The van der Waals surface area contributed by atoms with E-state index in [0.29, 0.717) is 23.8 Å². The Labute approximate surface area is 159 Å². The van der Waals surface area contributed by atoms with Crippen molar-refractivity contribution in [2.45, 2.75) is 13.3 Å². The number of halogens is 1. The van der Waals surface area contributed by atoms with Gasteiger partial charge in [-0.15, -0.1) is 6.42 Å². The monoisotopic (exact) mass is 366 g/mol. The molecular weight excluding hydrogens is 343 g/mol. The van der Waals surface area contributed by atoms with E-state index in [1.165, 1.54) is 12.1 Å². The van der Waals surface area contributed by atoms with Crippen LogP contribution in [-0.4, -0.2) is 32.0 Å². The Morgan fingerprint density at radius 1 is 1.22 bits per heavy atom. The molecule has 0 aliphatic rings. The van der Waals surface area contributed by atoms with Gasteiger partial charge < -0.3 is 16.0 Å². The van der Waals surface area contributed by atoms with Crippen LogP contribution in [0.2, 0.25) is 0 Å². The van der Waals surface area contributed by atoms with E-state index < -0.39 is 0 Å². The number of anilines is 1. The summed E-state index contributed by atoms with van der Waals surface area (Å²) in [5.41, 5.74) is 3.32. The third kappa shape index (κ3) is 6.48. The molecule has 0 aliphatic heterocycles. The summed E-state index contributed by atoms with van der Waals surface area (Å²) >= 11 is 0. The number of carbonyl (C=O) groups is 1. The predicted molar refractivity (Wildman–Crippen MR) is 107 cm³/mol. The number of aryl methyl sites for hydroxylation is 1. The highest BCUT2D eigenvalue weighted by Gasteiger charge is 2.05. The van der Waals surface area contributed by atoms with Crippen molar-refractivity contribution in [2.75, 3.05) is 25.5 Å². The molecule has 0 fully saturated rings. The van der Waals surface area contributed by atoms with Crippen molar-refractivity contribution in [3.05, 3.63) is 65.0 Å². The molecule has 27 heavy (non-hydrogen) atoms. The minimum Gasteiger partial charge on any atom is -0.356 e. The Kier molecular flexibility index (Phi) is 7.38. The van der Waals surface area contributed by atoms with Crippen molar-refractivity contribution < 1.29 is 9.18 Å². The molecule has 0 atom stereocenters. The first-order chi connectivity index (χ1) is 13.0. The lowest BCUT2D eigenvalue weighted by Crippen LogP contribution is -2.42. The van der Waals surface area contributed by atoms with Crippen LogP contribution in [-0.2, 0) is 11.2 Å². The fourth-order valence-corrected chi connectivity index (χ4v) is 2.53. The molecule has 0 aromatic heterocycles. The van der Waals surface area contributed by atoms with E-state index in [1.807, 2.05) is 6.92 Å². The maximum Gasteiger partial charge on any atom is 0.243 e. The number of rotatable bonds is 6. The van der Waals surface area contributed by atoms with Crippen LogP contribution in [0.15, 0.2) is 47.5 Å². The first-order valence-corrected chi connectivity index (χ1v) is 8.58. The smallest absolute Gasteiger partial charge is 0.243 e. The Morgan fingerprint density at radius 2 is 2.04 bits per heavy atom. The van der Waals surface area contributed by atoms with Gasteiger partial charge in [0.1, 0.15) is 5.82 Å². The first-order valence-electron chi connectivity index (χ1n) is 8.58. The normalized spacial score (nSPS) is 10.8. The molecule has 3 N–H and O–H groups in total. The minimum atomic E-state index is -0.236. The van der Waals surface area contributed by atoms with E-state index in [2.05, 4.69) is 26.9 Å². The minimum absolute atomic E-state index is 0.0650. The molecule has 1 amide bonds. The van der Waals surface area contributed by atoms with Gasteiger partial charge in [-0.2, -0.15) is 0 Å². The highest BCUT2D eigenvalue weighted by atomic mass is 19.1. The Balaban J connectivity index is 1.77. The Hall–Kier alpha value is -3.33.